The van der Waals surface area contributed by atoms with Gasteiger partial charge >= 0.3 is 6.09 Å². The van der Waals surface area contributed by atoms with Crippen LogP contribution < -0.4 is 9.47 Å². The third-order valence-corrected chi connectivity index (χ3v) is 6.58. The Balaban J connectivity index is 1.20. The highest BCUT2D eigenvalue weighted by atomic mass is 16.5. The Bertz CT molecular complexity index is 1370. The van der Waals surface area contributed by atoms with Gasteiger partial charge in [-0.15, -0.1) is 0 Å². The number of carbonyl (C=O) groups is 1. The Morgan fingerprint density at radius 2 is 1.62 bits per heavy atom. The molecule has 4 aromatic rings. The third-order valence-electron chi connectivity index (χ3n) is 6.58. The fourth-order valence-corrected chi connectivity index (χ4v) is 4.14. The lowest BCUT2D eigenvalue weighted by Crippen LogP contribution is -2.53. The van der Waals surface area contributed by atoms with Gasteiger partial charge in [0.25, 0.3) is 0 Å². The van der Waals surface area contributed by atoms with E-state index in [2.05, 4.69) is 34.0 Å². The SMILES string of the molecule is Cc1nc(-c2ncc(Oc3ccc(C(C)(C)c4ccc(OC[C@@H]5CCN5C(=O)O)cc4)cc3)cn2)no1. The van der Waals surface area contributed by atoms with Crippen molar-refractivity contribution >= 4 is 6.09 Å². The van der Waals surface area contributed by atoms with Gasteiger partial charge in [0, 0.05) is 18.9 Å². The number of benzene rings is 2. The minimum absolute atomic E-state index is 0.0754. The number of ether oxygens (including phenoxy) is 2. The number of rotatable bonds is 8. The van der Waals surface area contributed by atoms with Crippen LogP contribution in [-0.2, 0) is 5.41 Å². The minimum Gasteiger partial charge on any atom is -0.491 e. The van der Waals surface area contributed by atoms with Crippen molar-refractivity contribution in [2.24, 2.45) is 0 Å². The van der Waals surface area contributed by atoms with Crippen molar-refractivity contribution in [3.63, 3.8) is 0 Å². The van der Waals surface area contributed by atoms with Gasteiger partial charge in [0.2, 0.25) is 17.5 Å². The van der Waals surface area contributed by atoms with Crippen molar-refractivity contribution in [2.75, 3.05) is 13.2 Å². The molecule has 2 aromatic heterocycles. The summed E-state index contributed by atoms with van der Waals surface area (Å²) in [6, 6.07) is 15.8. The molecule has 10 nitrogen and oxygen atoms in total. The first-order valence-corrected chi connectivity index (χ1v) is 11.9. The lowest BCUT2D eigenvalue weighted by atomic mass is 9.78. The zero-order valence-corrected chi connectivity index (χ0v) is 20.8. The Morgan fingerprint density at radius 1 is 1.00 bits per heavy atom. The van der Waals surface area contributed by atoms with Gasteiger partial charge in [-0.25, -0.2) is 14.8 Å². The maximum absolute atomic E-state index is 11.1. The third kappa shape index (κ3) is 5.23. The molecule has 1 N–H and O–H groups in total. The van der Waals surface area contributed by atoms with Crippen LogP contribution in [0.25, 0.3) is 11.6 Å². The molecular weight excluding hydrogens is 474 g/mol. The van der Waals surface area contributed by atoms with E-state index in [4.69, 9.17) is 19.1 Å². The number of hydrogen-bond acceptors (Lipinski definition) is 8. The molecule has 1 aliphatic rings. The molecular formula is C27H27N5O5. The number of hydrogen-bond donors (Lipinski definition) is 1. The highest BCUT2D eigenvalue weighted by Gasteiger charge is 2.32. The van der Waals surface area contributed by atoms with E-state index in [1.165, 1.54) is 4.90 Å². The van der Waals surface area contributed by atoms with Gasteiger partial charge in [-0.05, 0) is 41.8 Å². The first-order valence-electron chi connectivity index (χ1n) is 11.9. The van der Waals surface area contributed by atoms with Crippen molar-refractivity contribution in [1.82, 2.24) is 25.0 Å². The molecule has 2 aromatic carbocycles. The zero-order valence-electron chi connectivity index (χ0n) is 20.8. The molecule has 5 rings (SSSR count). The van der Waals surface area contributed by atoms with Crippen molar-refractivity contribution in [3.05, 3.63) is 77.9 Å². The second-order valence-electron chi connectivity index (χ2n) is 9.38. The molecule has 0 saturated carbocycles. The smallest absolute Gasteiger partial charge is 0.407 e. The number of aryl methyl sites for hydroxylation is 1. The Morgan fingerprint density at radius 3 is 2.14 bits per heavy atom. The monoisotopic (exact) mass is 501 g/mol. The van der Waals surface area contributed by atoms with Crippen molar-refractivity contribution in [3.8, 4) is 28.9 Å². The van der Waals surface area contributed by atoms with Crippen LogP contribution in [0.3, 0.4) is 0 Å². The van der Waals surface area contributed by atoms with Gasteiger partial charge in [0.15, 0.2) is 5.75 Å². The van der Waals surface area contributed by atoms with Crippen LogP contribution in [-0.4, -0.2) is 55.4 Å². The Hall–Kier alpha value is -4.47. The molecule has 3 heterocycles. The molecule has 0 radical (unpaired) electrons. The molecule has 0 bridgehead atoms. The zero-order chi connectivity index (χ0) is 26.0. The van der Waals surface area contributed by atoms with E-state index in [9.17, 15) is 4.79 Å². The first-order chi connectivity index (χ1) is 17.8. The fraction of sp³-hybridized carbons (Fsp3) is 0.296. The molecule has 1 fully saturated rings. The Labute approximate surface area is 213 Å². The van der Waals surface area contributed by atoms with Gasteiger partial charge in [-0.2, -0.15) is 4.98 Å². The number of aromatic nitrogens is 4. The summed E-state index contributed by atoms with van der Waals surface area (Å²) in [5, 5.41) is 12.9. The van der Waals surface area contributed by atoms with Crippen molar-refractivity contribution < 1.29 is 23.9 Å². The van der Waals surface area contributed by atoms with E-state index in [0.29, 0.717) is 42.2 Å². The highest BCUT2D eigenvalue weighted by molar-refractivity contribution is 5.66. The summed E-state index contributed by atoms with van der Waals surface area (Å²) >= 11 is 0. The van der Waals surface area contributed by atoms with Crippen LogP contribution in [0.2, 0.25) is 0 Å². The van der Waals surface area contributed by atoms with Gasteiger partial charge in [-0.3, -0.25) is 0 Å². The van der Waals surface area contributed by atoms with Crippen molar-refractivity contribution in [2.45, 2.75) is 38.6 Å². The largest absolute Gasteiger partial charge is 0.491 e. The van der Waals surface area contributed by atoms with Crippen LogP contribution >= 0.6 is 0 Å². The van der Waals surface area contributed by atoms with E-state index in [1.54, 1.807) is 19.3 Å². The lowest BCUT2D eigenvalue weighted by Gasteiger charge is -2.38. The normalized spacial score (nSPS) is 15.2. The second-order valence-corrected chi connectivity index (χ2v) is 9.38. The van der Waals surface area contributed by atoms with Crippen LogP contribution in [0, 0.1) is 6.92 Å². The molecule has 37 heavy (non-hydrogen) atoms. The molecule has 0 aliphatic carbocycles. The highest BCUT2D eigenvalue weighted by Crippen LogP contribution is 2.34. The summed E-state index contributed by atoms with van der Waals surface area (Å²) in [6.45, 7) is 6.95. The van der Waals surface area contributed by atoms with Crippen molar-refractivity contribution in [1.29, 1.82) is 0 Å². The maximum Gasteiger partial charge on any atom is 0.407 e. The van der Waals surface area contributed by atoms with Crippen LogP contribution in [0.5, 0.6) is 17.2 Å². The average molecular weight is 502 g/mol. The number of amides is 1. The summed E-state index contributed by atoms with van der Waals surface area (Å²) < 4.78 is 16.7. The summed E-state index contributed by atoms with van der Waals surface area (Å²) in [6.07, 6.45) is 3.07. The van der Waals surface area contributed by atoms with Crippen LogP contribution in [0.15, 0.2) is 65.4 Å². The second kappa shape index (κ2) is 9.88. The molecule has 0 spiro atoms. The molecule has 1 amide bonds. The molecule has 0 unspecified atom stereocenters. The lowest BCUT2D eigenvalue weighted by molar-refractivity contribution is 0.0499. The predicted octanol–water partition coefficient (Wildman–Crippen LogP) is 5.08. The van der Waals surface area contributed by atoms with Gasteiger partial charge < -0.3 is 24.0 Å². The van der Waals surface area contributed by atoms with Gasteiger partial charge in [0.05, 0.1) is 18.4 Å². The fourth-order valence-electron chi connectivity index (χ4n) is 4.14. The number of carboxylic acid groups (broad SMARTS) is 1. The van der Waals surface area contributed by atoms with E-state index in [-0.39, 0.29) is 11.5 Å². The standard InChI is InChI=1S/C27H27N5O5/c1-17-30-25(31-37-17)24-28-14-23(15-29-24)36-22-10-6-19(7-11-22)27(2,3)18-4-8-21(9-5-18)35-16-20-12-13-32(20)26(33)34/h4-11,14-15,20H,12-13,16H2,1-3H3,(H,33,34)/t20-/m0/s1. The van der Waals surface area contributed by atoms with E-state index in [1.807, 2.05) is 48.5 Å². The molecule has 1 aliphatic heterocycles. The van der Waals surface area contributed by atoms with Crippen LogP contribution in [0.4, 0.5) is 4.79 Å². The number of nitrogens with zero attached hydrogens (tertiary/aromatic N) is 5. The first kappa shape index (κ1) is 24.2. The van der Waals surface area contributed by atoms with Gasteiger partial charge in [0.1, 0.15) is 18.1 Å². The summed E-state index contributed by atoms with van der Waals surface area (Å²) in [4.78, 5) is 25.1. The van der Waals surface area contributed by atoms with E-state index in [0.717, 1.165) is 23.3 Å². The topological polar surface area (TPSA) is 124 Å². The summed E-state index contributed by atoms with van der Waals surface area (Å²) in [5.41, 5.74) is 2.00. The maximum atomic E-state index is 11.1. The van der Waals surface area contributed by atoms with E-state index < -0.39 is 6.09 Å². The predicted molar refractivity (Wildman–Crippen MR) is 134 cm³/mol. The summed E-state index contributed by atoms with van der Waals surface area (Å²) in [7, 11) is 0. The quantitative estimate of drug-likeness (QED) is 0.352. The molecule has 1 atom stereocenters. The average Bonchev–Trinajstić information content (AvgIpc) is 3.30. The minimum atomic E-state index is -0.893. The molecule has 190 valence electrons. The van der Waals surface area contributed by atoms with Gasteiger partial charge in [-0.1, -0.05) is 43.3 Å². The van der Waals surface area contributed by atoms with Crippen LogP contribution in [0.1, 0.15) is 37.3 Å². The van der Waals surface area contributed by atoms with E-state index >= 15 is 0 Å². The number of likely N-dealkylation sites (tertiary alicyclic amines) is 1. The molecule has 10 heteroatoms. The molecule has 1 saturated heterocycles. The summed E-state index contributed by atoms with van der Waals surface area (Å²) in [5.74, 6) is 3.04. The Kier molecular flexibility index (Phi) is 6.47.